The van der Waals surface area contributed by atoms with Crippen molar-refractivity contribution in [3.8, 4) is 17.5 Å². The molecule has 0 bridgehead atoms. The summed E-state index contributed by atoms with van der Waals surface area (Å²) in [7, 11) is 0. The van der Waals surface area contributed by atoms with Crippen LogP contribution in [0.1, 0.15) is 5.56 Å². The summed E-state index contributed by atoms with van der Waals surface area (Å²) in [5, 5.41) is 19.2. The van der Waals surface area contributed by atoms with Crippen LogP contribution in [0.2, 0.25) is 0 Å². The summed E-state index contributed by atoms with van der Waals surface area (Å²) >= 11 is 0. The van der Waals surface area contributed by atoms with Crippen molar-refractivity contribution in [1.29, 1.82) is 0 Å². The summed E-state index contributed by atoms with van der Waals surface area (Å²) in [6.45, 7) is 0. The Morgan fingerprint density at radius 3 is 2.26 bits per heavy atom. The van der Waals surface area contributed by atoms with Crippen molar-refractivity contribution in [3.63, 3.8) is 0 Å². The van der Waals surface area contributed by atoms with E-state index in [1.165, 1.54) is 12.1 Å². The first kappa shape index (κ1) is 14.9. The van der Waals surface area contributed by atoms with Gasteiger partial charge < -0.3 is 14.8 Å². The number of para-hydroxylation sites is 1. The Labute approximate surface area is 128 Å². The van der Waals surface area contributed by atoms with E-state index in [2.05, 4.69) is 15.5 Å². The maximum atomic E-state index is 12.6. The van der Waals surface area contributed by atoms with E-state index in [4.69, 9.17) is 9.52 Å². The Balaban J connectivity index is 1.89. The van der Waals surface area contributed by atoms with Gasteiger partial charge in [0.05, 0.1) is 16.8 Å². The van der Waals surface area contributed by atoms with Gasteiger partial charge in [-0.2, -0.15) is 13.2 Å². The van der Waals surface area contributed by atoms with Crippen molar-refractivity contribution < 1.29 is 22.7 Å². The summed E-state index contributed by atoms with van der Waals surface area (Å²) in [6, 6.07) is 11.5. The molecular formula is C15H10F3N3O2. The zero-order chi connectivity index (χ0) is 16.4. The van der Waals surface area contributed by atoms with Gasteiger partial charge in [0.25, 0.3) is 5.89 Å². The van der Waals surface area contributed by atoms with Crippen LogP contribution in [0.4, 0.5) is 24.5 Å². The van der Waals surface area contributed by atoms with Gasteiger partial charge in [0.15, 0.2) is 0 Å². The second-order valence-electron chi connectivity index (χ2n) is 4.64. The van der Waals surface area contributed by atoms with E-state index in [-0.39, 0.29) is 5.89 Å². The Kier molecular flexibility index (Phi) is 3.65. The number of hydrogen-bond acceptors (Lipinski definition) is 5. The van der Waals surface area contributed by atoms with Crippen LogP contribution in [-0.2, 0) is 6.18 Å². The quantitative estimate of drug-likeness (QED) is 0.756. The highest BCUT2D eigenvalue weighted by Crippen LogP contribution is 2.32. The molecule has 118 valence electrons. The molecule has 8 heteroatoms. The fourth-order valence-electron chi connectivity index (χ4n) is 2.00. The van der Waals surface area contributed by atoms with Crippen LogP contribution in [0.25, 0.3) is 11.5 Å². The van der Waals surface area contributed by atoms with Crippen molar-refractivity contribution in [2.75, 3.05) is 5.32 Å². The monoisotopic (exact) mass is 321 g/mol. The highest BCUT2D eigenvalue weighted by molar-refractivity contribution is 5.76. The molecule has 0 unspecified atom stereocenters. The molecule has 0 amide bonds. The molecule has 1 heterocycles. The van der Waals surface area contributed by atoms with Gasteiger partial charge in [-0.25, -0.2) is 0 Å². The second-order valence-corrected chi connectivity index (χ2v) is 4.64. The number of alkyl halides is 3. The van der Waals surface area contributed by atoms with Crippen molar-refractivity contribution in [1.82, 2.24) is 10.2 Å². The van der Waals surface area contributed by atoms with Gasteiger partial charge in [0.1, 0.15) is 0 Å². The highest BCUT2D eigenvalue weighted by atomic mass is 19.4. The van der Waals surface area contributed by atoms with Crippen molar-refractivity contribution >= 4 is 11.4 Å². The first-order valence-electron chi connectivity index (χ1n) is 6.49. The van der Waals surface area contributed by atoms with Crippen LogP contribution in [-0.4, -0.2) is 15.3 Å². The number of hydrogen-bond donors (Lipinski definition) is 2. The fourth-order valence-corrected chi connectivity index (χ4v) is 2.00. The van der Waals surface area contributed by atoms with Gasteiger partial charge in [-0.1, -0.05) is 17.2 Å². The minimum atomic E-state index is -4.38. The van der Waals surface area contributed by atoms with E-state index in [0.717, 1.165) is 12.1 Å². The summed E-state index contributed by atoms with van der Waals surface area (Å²) in [5.41, 5.74) is 0.809. The molecule has 0 aliphatic heterocycles. The van der Waals surface area contributed by atoms with Crippen molar-refractivity contribution in [2.24, 2.45) is 0 Å². The van der Waals surface area contributed by atoms with Gasteiger partial charge in [-0.3, -0.25) is 0 Å². The number of aromatic hydroxyl groups is 1. The number of anilines is 2. The molecule has 0 fully saturated rings. The number of rotatable bonds is 3. The van der Waals surface area contributed by atoms with E-state index in [9.17, 15) is 13.2 Å². The molecule has 2 N–H and O–H groups in total. The molecule has 0 saturated carbocycles. The molecular weight excluding hydrogens is 311 g/mol. The third-order valence-electron chi connectivity index (χ3n) is 3.06. The molecule has 23 heavy (non-hydrogen) atoms. The minimum Gasteiger partial charge on any atom is -0.465 e. The molecule has 5 nitrogen and oxygen atoms in total. The van der Waals surface area contributed by atoms with E-state index in [1.54, 1.807) is 24.3 Å². The predicted molar refractivity (Wildman–Crippen MR) is 76.1 cm³/mol. The average molecular weight is 321 g/mol. The lowest BCUT2D eigenvalue weighted by Gasteiger charge is -2.11. The van der Waals surface area contributed by atoms with Crippen molar-refractivity contribution in [3.05, 3.63) is 54.1 Å². The van der Waals surface area contributed by atoms with Crippen LogP contribution in [0.5, 0.6) is 6.08 Å². The van der Waals surface area contributed by atoms with Crippen molar-refractivity contribution in [2.45, 2.75) is 6.18 Å². The fraction of sp³-hybridized carbons (Fsp3) is 0.0667. The molecule has 2 aromatic carbocycles. The first-order chi connectivity index (χ1) is 10.9. The van der Waals surface area contributed by atoms with E-state index in [1.807, 2.05) is 0 Å². The van der Waals surface area contributed by atoms with Crippen LogP contribution < -0.4 is 5.32 Å². The lowest BCUT2D eigenvalue weighted by molar-refractivity contribution is -0.137. The van der Waals surface area contributed by atoms with Gasteiger partial charge >= 0.3 is 12.3 Å². The normalized spacial score (nSPS) is 11.4. The number of benzene rings is 2. The average Bonchev–Trinajstić information content (AvgIpc) is 2.94. The number of aromatic nitrogens is 2. The Morgan fingerprint density at radius 2 is 1.65 bits per heavy atom. The van der Waals surface area contributed by atoms with Gasteiger partial charge in [-0.15, -0.1) is 5.10 Å². The molecule has 0 aliphatic carbocycles. The van der Waals surface area contributed by atoms with E-state index in [0.29, 0.717) is 16.9 Å². The maximum Gasteiger partial charge on any atom is 0.416 e. The molecule has 0 spiro atoms. The minimum absolute atomic E-state index is 0.0949. The largest absolute Gasteiger partial charge is 0.465 e. The predicted octanol–water partition coefficient (Wildman–Crippen LogP) is 4.20. The summed E-state index contributed by atoms with van der Waals surface area (Å²) in [5.74, 6) is 0.0949. The lowest BCUT2D eigenvalue weighted by Crippen LogP contribution is -2.04. The summed E-state index contributed by atoms with van der Waals surface area (Å²) in [6.07, 6.45) is -4.94. The third-order valence-corrected chi connectivity index (χ3v) is 3.06. The lowest BCUT2D eigenvalue weighted by atomic mass is 10.1. The Bertz CT molecular complexity index is 813. The standard InChI is InChI=1S/C15H10F3N3O2/c16-15(17,18)9-5-7-10(8-6-9)19-12-4-2-1-3-11(12)13-20-21-14(22)23-13/h1-8,19H,(H,21,22). The summed E-state index contributed by atoms with van der Waals surface area (Å²) in [4.78, 5) is 0. The SMILES string of the molecule is Oc1nnc(-c2ccccc2Nc2ccc(C(F)(F)F)cc2)o1. The highest BCUT2D eigenvalue weighted by Gasteiger charge is 2.29. The molecule has 3 aromatic rings. The Hall–Kier alpha value is -3.03. The topological polar surface area (TPSA) is 71.2 Å². The molecule has 0 aliphatic rings. The first-order valence-corrected chi connectivity index (χ1v) is 6.49. The zero-order valence-corrected chi connectivity index (χ0v) is 11.5. The molecule has 0 atom stereocenters. The van der Waals surface area contributed by atoms with Crippen LogP contribution in [0.15, 0.2) is 52.9 Å². The van der Waals surface area contributed by atoms with Crippen LogP contribution in [0.3, 0.4) is 0 Å². The zero-order valence-electron chi connectivity index (χ0n) is 11.5. The number of nitrogens with one attached hydrogen (secondary N) is 1. The van der Waals surface area contributed by atoms with Crippen LogP contribution in [0, 0.1) is 0 Å². The van der Waals surface area contributed by atoms with Gasteiger partial charge in [0.2, 0.25) is 0 Å². The molecule has 3 rings (SSSR count). The van der Waals surface area contributed by atoms with Gasteiger partial charge in [-0.05, 0) is 36.4 Å². The molecule has 0 radical (unpaired) electrons. The number of nitrogens with zero attached hydrogens (tertiary/aromatic N) is 2. The van der Waals surface area contributed by atoms with E-state index < -0.39 is 17.8 Å². The summed E-state index contributed by atoms with van der Waals surface area (Å²) < 4.78 is 42.6. The Morgan fingerprint density at radius 1 is 0.957 bits per heavy atom. The second kappa shape index (κ2) is 5.64. The smallest absolute Gasteiger partial charge is 0.416 e. The molecule has 0 saturated heterocycles. The molecule has 1 aromatic heterocycles. The van der Waals surface area contributed by atoms with Crippen LogP contribution >= 0.6 is 0 Å². The number of halogens is 3. The van der Waals surface area contributed by atoms with E-state index >= 15 is 0 Å². The van der Waals surface area contributed by atoms with Gasteiger partial charge in [0, 0.05) is 5.69 Å². The third kappa shape index (κ3) is 3.25. The maximum absolute atomic E-state index is 12.6.